The maximum absolute atomic E-state index is 10.8. The molecule has 80 valence electrons. The Morgan fingerprint density at radius 1 is 1.13 bits per heavy atom. The third-order valence-corrected chi connectivity index (χ3v) is 2.43. The minimum Gasteiger partial charge on any atom is -0.303 e. The molecule has 0 saturated heterocycles. The van der Waals surface area contributed by atoms with Crippen LogP contribution in [0.5, 0.6) is 0 Å². The molecule has 0 spiro atoms. The van der Waals surface area contributed by atoms with Crippen LogP contribution in [0.1, 0.15) is 24.8 Å². The van der Waals surface area contributed by atoms with Crippen LogP contribution in [0.4, 0.5) is 0 Å². The average Bonchev–Trinajstić information content (AvgIpc) is 2.29. The fourth-order valence-electron chi connectivity index (χ4n) is 1.60. The van der Waals surface area contributed by atoms with Crippen molar-refractivity contribution in [2.45, 2.75) is 25.7 Å². The van der Waals surface area contributed by atoms with Crippen molar-refractivity contribution in [3.05, 3.63) is 35.9 Å². The largest absolute Gasteiger partial charge is 0.303 e. The topological polar surface area (TPSA) is 34.1 Å². The Morgan fingerprint density at radius 3 is 2.47 bits per heavy atom. The second-order valence-corrected chi connectivity index (χ2v) is 3.68. The number of hydrogen-bond donors (Lipinski definition) is 0. The molecule has 0 aliphatic heterocycles. The number of aldehydes is 2. The third-order valence-electron chi connectivity index (χ3n) is 2.43. The van der Waals surface area contributed by atoms with Gasteiger partial charge >= 0.3 is 0 Å². The first-order valence-electron chi connectivity index (χ1n) is 5.29. The lowest BCUT2D eigenvalue weighted by molar-refractivity contribution is -0.112. The van der Waals surface area contributed by atoms with Crippen molar-refractivity contribution in [1.29, 1.82) is 0 Å². The standard InChI is InChI=1S/C13H16O2/c14-9-5-4-8-13(11-15)10-12-6-2-1-3-7-12/h1-3,6-7,9,11,13H,4-5,8,10H2. The van der Waals surface area contributed by atoms with Gasteiger partial charge in [0.05, 0.1) is 0 Å². The van der Waals surface area contributed by atoms with Gasteiger partial charge in [-0.2, -0.15) is 0 Å². The number of carbonyl (C=O) groups excluding carboxylic acids is 2. The zero-order chi connectivity index (χ0) is 10.9. The molecule has 1 atom stereocenters. The van der Waals surface area contributed by atoms with Gasteiger partial charge in [0.15, 0.2) is 0 Å². The summed E-state index contributed by atoms with van der Waals surface area (Å²) in [6, 6.07) is 9.96. The van der Waals surface area contributed by atoms with E-state index in [-0.39, 0.29) is 5.92 Å². The molecule has 0 N–H and O–H groups in total. The second-order valence-electron chi connectivity index (χ2n) is 3.68. The van der Waals surface area contributed by atoms with Crippen molar-refractivity contribution in [2.24, 2.45) is 5.92 Å². The quantitative estimate of drug-likeness (QED) is 0.505. The highest BCUT2D eigenvalue weighted by Gasteiger charge is 2.07. The predicted octanol–water partition coefficient (Wildman–Crippen LogP) is 2.41. The van der Waals surface area contributed by atoms with Crippen LogP contribution in [0, 0.1) is 5.92 Å². The first-order chi connectivity index (χ1) is 7.36. The lowest BCUT2D eigenvalue weighted by atomic mass is 9.95. The molecule has 0 fully saturated rings. The van der Waals surface area contributed by atoms with Crippen molar-refractivity contribution in [1.82, 2.24) is 0 Å². The number of carbonyl (C=O) groups is 2. The normalized spacial score (nSPS) is 12.0. The monoisotopic (exact) mass is 204 g/mol. The zero-order valence-electron chi connectivity index (χ0n) is 8.76. The SMILES string of the molecule is O=CCCCC(C=O)Cc1ccccc1. The molecule has 0 aliphatic rings. The van der Waals surface area contributed by atoms with E-state index in [9.17, 15) is 9.59 Å². The highest BCUT2D eigenvalue weighted by molar-refractivity contribution is 5.54. The summed E-state index contributed by atoms with van der Waals surface area (Å²) >= 11 is 0. The number of benzene rings is 1. The van der Waals surface area contributed by atoms with Gasteiger partial charge in [-0.1, -0.05) is 30.3 Å². The first kappa shape index (κ1) is 11.6. The molecule has 1 aromatic carbocycles. The molecular formula is C13H16O2. The van der Waals surface area contributed by atoms with Crippen molar-refractivity contribution < 1.29 is 9.59 Å². The molecule has 15 heavy (non-hydrogen) atoms. The van der Waals surface area contributed by atoms with E-state index in [1.807, 2.05) is 30.3 Å². The highest BCUT2D eigenvalue weighted by Crippen LogP contribution is 2.12. The minimum atomic E-state index is 0.0485. The van der Waals surface area contributed by atoms with E-state index in [2.05, 4.69) is 0 Å². The van der Waals surface area contributed by atoms with Crippen molar-refractivity contribution in [3.8, 4) is 0 Å². The Hall–Kier alpha value is -1.44. The van der Waals surface area contributed by atoms with Crippen molar-refractivity contribution >= 4 is 12.6 Å². The Kier molecular flexibility index (Phi) is 5.38. The van der Waals surface area contributed by atoms with Crippen LogP contribution >= 0.6 is 0 Å². The Morgan fingerprint density at radius 2 is 1.87 bits per heavy atom. The van der Waals surface area contributed by atoms with E-state index >= 15 is 0 Å². The average molecular weight is 204 g/mol. The summed E-state index contributed by atoms with van der Waals surface area (Å²) in [4.78, 5) is 21.0. The summed E-state index contributed by atoms with van der Waals surface area (Å²) in [6.45, 7) is 0. The molecule has 1 unspecified atom stereocenters. The Labute approximate surface area is 90.3 Å². The first-order valence-corrected chi connectivity index (χ1v) is 5.29. The van der Waals surface area contributed by atoms with E-state index < -0.39 is 0 Å². The number of rotatable bonds is 7. The van der Waals surface area contributed by atoms with Gasteiger partial charge in [0.2, 0.25) is 0 Å². The summed E-state index contributed by atoms with van der Waals surface area (Å²) in [5.74, 6) is 0.0485. The minimum absolute atomic E-state index is 0.0485. The molecule has 2 heteroatoms. The smallest absolute Gasteiger partial charge is 0.123 e. The highest BCUT2D eigenvalue weighted by atomic mass is 16.1. The molecule has 0 saturated carbocycles. The molecule has 0 amide bonds. The van der Waals surface area contributed by atoms with Gasteiger partial charge in [0.25, 0.3) is 0 Å². The van der Waals surface area contributed by atoms with Gasteiger partial charge in [0.1, 0.15) is 12.6 Å². The Bertz CT molecular complexity index is 293. The van der Waals surface area contributed by atoms with Gasteiger partial charge in [-0.15, -0.1) is 0 Å². The lowest BCUT2D eigenvalue weighted by Gasteiger charge is -2.08. The molecular weight excluding hydrogens is 188 g/mol. The molecule has 0 radical (unpaired) electrons. The fraction of sp³-hybridized carbons (Fsp3) is 0.385. The zero-order valence-corrected chi connectivity index (χ0v) is 8.76. The molecule has 0 heterocycles. The lowest BCUT2D eigenvalue weighted by Crippen LogP contribution is -2.06. The fourth-order valence-corrected chi connectivity index (χ4v) is 1.60. The summed E-state index contributed by atoms with van der Waals surface area (Å²) in [5.41, 5.74) is 1.18. The Balaban J connectivity index is 2.40. The maximum atomic E-state index is 10.8. The molecule has 1 aromatic rings. The summed E-state index contributed by atoms with van der Waals surface area (Å²) in [6.07, 6.45) is 4.85. The third kappa shape index (κ3) is 4.54. The van der Waals surface area contributed by atoms with Gasteiger partial charge in [-0.3, -0.25) is 0 Å². The van der Waals surface area contributed by atoms with E-state index in [0.29, 0.717) is 6.42 Å². The van der Waals surface area contributed by atoms with Gasteiger partial charge in [-0.05, 0) is 24.8 Å². The van der Waals surface area contributed by atoms with E-state index in [1.165, 1.54) is 5.56 Å². The number of hydrogen-bond acceptors (Lipinski definition) is 2. The molecule has 0 aliphatic carbocycles. The molecule has 0 bridgehead atoms. The van der Waals surface area contributed by atoms with Crippen LogP contribution < -0.4 is 0 Å². The van der Waals surface area contributed by atoms with Crippen LogP contribution in [0.25, 0.3) is 0 Å². The van der Waals surface area contributed by atoms with E-state index in [0.717, 1.165) is 31.8 Å². The van der Waals surface area contributed by atoms with Gasteiger partial charge in [0, 0.05) is 12.3 Å². The van der Waals surface area contributed by atoms with Crippen LogP contribution in [-0.4, -0.2) is 12.6 Å². The summed E-state index contributed by atoms with van der Waals surface area (Å²) in [7, 11) is 0. The van der Waals surface area contributed by atoms with Crippen LogP contribution in [-0.2, 0) is 16.0 Å². The second kappa shape index (κ2) is 6.93. The summed E-state index contributed by atoms with van der Waals surface area (Å²) < 4.78 is 0. The van der Waals surface area contributed by atoms with E-state index in [1.54, 1.807) is 0 Å². The van der Waals surface area contributed by atoms with Crippen molar-refractivity contribution in [3.63, 3.8) is 0 Å². The van der Waals surface area contributed by atoms with Gasteiger partial charge in [-0.25, -0.2) is 0 Å². The molecule has 1 rings (SSSR count). The number of unbranched alkanes of at least 4 members (excludes halogenated alkanes) is 1. The van der Waals surface area contributed by atoms with Gasteiger partial charge < -0.3 is 9.59 Å². The molecule has 2 nitrogen and oxygen atoms in total. The van der Waals surface area contributed by atoms with Crippen molar-refractivity contribution in [2.75, 3.05) is 0 Å². The summed E-state index contributed by atoms with van der Waals surface area (Å²) in [5, 5.41) is 0. The predicted molar refractivity (Wildman–Crippen MR) is 59.6 cm³/mol. The molecule has 0 aromatic heterocycles. The van der Waals surface area contributed by atoms with E-state index in [4.69, 9.17) is 0 Å². The van der Waals surface area contributed by atoms with Crippen LogP contribution in [0.3, 0.4) is 0 Å². The van der Waals surface area contributed by atoms with Crippen LogP contribution in [0.15, 0.2) is 30.3 Å². The van der Waals surface area contributed by atoms with Crippen LogP contribution in [0.2, 0.25) is 0 Å². The maximum Gasteiger partial charge on any atom is 0.123 e.